The predicted molar refractivity (Wildman–Crippen MR) is 81.8 cm³/mol. The van der Waals surface area contributed by atoms with Crippen LogP contribution in [0.4, 0.5) is 5.69 Å². The number of anilines is 1. The van der Waals surface area contributed by atoms with Gasteiger partial charge in [0.1, 0.15) is 5.75 Å². The van der Waals surface area contributed by atoms with E-state index in [4.69, 9.17) is 4.74 Å². The Morgan fingerprint density at radius 2 is 2.00 bits per heavy atom. The number of nitrogens with one attached hydrogen (secondary N) is 1. The number of hydrogen-bond acceptors (Lipinski definition) is 2. The van der Waals surface area contributed by atoms with Gasteiger partial charge in [-0.2, -0.15) is 0 Å². The molecule has 2 heteroatoms. The van der Waals surface area contributed by atoms with Crippen LogP contribution in [0.1, 0.15) is 46.0 Å². The van der Waals surface area contributed by atoms with Crippen LogP contribution in [0.5, 0.6) is 5.75 Å². The van der Waals surface area contributed by atoms with Gasteiger partial charge in [0.05, 0.1) is 6.61 Å². The van der Waals surface area contributed by atoms with Gasteiger partial charge in [0.25, 0.3) is 0 Å². The maximum Gasteiger partial charge on any atom is 0.121 e. The van der Waals surface area contributed by atoms with E-state index in [1.807, 2.05) is 6.07 Å². The summed E-state index contributed by atoms with van der Waals surface area (Å²) >= 11 is 0. The summed E-state index contributed by atoms with van der Waals surface area (Å²) in [6, 6.07) is 8.34. The second-order valence-corrected chi connectivity index (χ2v) is 5.88. The van der Waals surface area contributed by atoms with E-state index in [0.29, 0.717) is 0 Å². The van der Waals surface area contributed by atoms with Gasteiger partial charge in [-0.05, 0) is 43.2 Å². The Labute approximate surface area is 117 Å². The predicted octanol–water partition coefficient (Wildman–Crippen LogP) is 4.71. The molecule has 1 fully saturated rings. The summed E-state index contributed by atoms with van der Waals surface area (Å²) < 4.78 is 5.66. The molecule has 0 spiro atoms. The molecular formula is C17H27NO. The van der Waals surface area contributed by atoms with Crippen molar-refractivity contribution in [1.29, 1.82) is 0 Å². The molecule has 0 unspecified atom stereocenters. The Bertz CT molecular complexity index is 369. The van der Waals surface area contributed by atoms with Crippen molar-refractivity contribution in [3.05, 3.63) is 24.3 Å². The first kappa shape index (κ1) is 14.2. The maximum absolute atomic E-state index is 5.66. The minimum absolute atomic E-state index is 0.796. The molecular weight excluding hydrogens is 234 g/mol. The van der Waals surface area contributed by atoms with Gasteiger partial charge in [0, 0.05) is 18.3 Å². The zero-order valence-electron chi connectivity index (χ0n) is 12.3. The molecule has 106 valence electrons. The van der Waals surface area contributed by atoms with Gasteiger partial charge < -0.3 is 10.1 Å². The van der Waals surface area contributed by atoms with E-state index in [0.717, 1.165) is 37.2 Å². The van der Waals surface area contributed by atoms with Gasteiger partial charge in [-0.1, -0.05) is 32.8 Å². The molecule has 1 aromatic carbocycles. The molecule has 1 aromatic rings. The average Bonchev–Trinajstić information content (AvgIpc) is 2.45. The van der Waals surface area contributed by atoms with Crippen molar-refractivity contribution in [3.8, 4) is 5.75 Å². The van der Waals surface area contributed by atoms with Crippen molar-refractivity contribution in [3.63, 3.8) is 0 Å². The molecule has 1 aliphatic carbocycles. The lowest BCUT2D eigenvalue weighted by Gasteiger charge is -2.26. The zero-order valence-corrected chi connectivity index (χ0v) is 12.3. The van der Waals surface area contributed by atoms with E-state index < -0.39 is 0 Å². The van der Waals surface area contributed by atoms with Gasteiger partial charge >= 0.3 is 0 Å². The highest BCUT2D eigenvalue weighted by atomic mass is 16.5. The van der Waals surface area contributed by atoms with Crippen molar-refractivity contribution in [2.75, 3.05) is 18.5 Å². The van der Waals surface area contributed by atoms with Gasteiger partial charge in [-0.25, -0.2) is 0 Å². The van der Waals surface area contributed by atoms with Crippen LogP contribution < -0.4 is 10.1 Å². The summed E-state index contributed by atoms with van der Waals surface area (Å²) in [5, 5.41) is 3.57. The largest absolute Gasteiger partial charge is 0.494 e. The van der Waals surface area contributed by atoms with Crippen molar-refractivity contribution in [2.24, 2.45) is 11.8 Å². The lowest BCUT2D eigenvalue weighted by atomic mass is 9.83. The van der Waals surface area contributed by atoms with Crippen molar-refractivity contribution < 1.29 is 4.74 Å². The molecule has 0 bridgehead atoms. The zero-order chi connectivity index (χ0) is 13.5. The summed E-state index contributed by atoms with van der Waals surface area (Å²) in [6.45, 7) is 6.40. The maximum atomic E-state index is 5.66. The Morgan fingerprint density at radius 1 is 1.21 bits per heavy atom. The minimum atomic E-state index is 0.796. The highest BCUT2D eigenvalue weighted by Crippen LogP contribution is 2.28. The summed E-state index contributed by atoms with van der Waals surface area (Å²) in [6.07, 6.45) is 6.59. The van der Waals surface area contributed by atoms with Crippen LogP contribution in [0, 0.1) is 11.8 Å². The molecule has 19 heavy (non-hydrogen) atoms. The van der Waals surface area contributed by atoms with Gasteiger partial charge in [0.2, 0.25) is 0 Å². The van der Waals surface area contributed by atoms with Crippen LogP contribution in [-0.4, -0.2) is 13.2 Å². The fraction of sp³-hybridized carbons (Fsp3) is 0.647. The molecule has 1 saturated carbocycles. The van der Waals surface area contributed by atoms with Crippen LogP contribution in [0.3, 0.4) is 0 Å². The van der Waals surface area contributed by atoms with Crippen molar-refractivity contribution in [2.45, 2.75) is 46.0 Å². The Morgan fingerprint density at radius 3 is 2.74 bits per heavy atom. The smallest absolute Gasteiger partial charge is 0.121 e. The quantitative estimate of drug-likeness (QED) is 0.800. The first-order valence-electron chi connectivity index (χ1n) is 7.74. The van der Waals surface area contributed by atoms with Gasteiger partial charge in [-0.3, -0.25) is 0 Å². The second-order valence-electron chi connectivity index (χ2n) is 5.88. The number of benzene rings is 1. The summed E-state index contributed by atoms with van der Waals surface area (Å²) in [4.78, 5) is 0. The van der Waals surface area contributed by atoms with E-state index >= 15 is 0 Å². The molecule has 0 saturated heterocycles. The van der Waals surface area contributed by atoms with Crippen LogP contribution >= 0.6 is 0 Å². The topological polar surface area (TPSA) is 21.3 Å². The lowest BCUT2D eigenvalue weighted by molar-refractivity contribution is 0.300. The fourth-order valence-corrected chi connectivity index (χ4v) is 2.71. The molecule has 2 nitrogen and oxygen atoms in total. The van der Waals surface area contributed by atoms with Crippen LogP contribution in [0.2, 0.25) is 0 Å². The first-order valence-corrected chi connectivity index (χ1v) is 7.74. The molecule has 0 heterocycles. The fourth-order valence-electron chi connectivity index (χ4n) is 2.71. The third-order valence-electron chi connectivity index (χ3n) is 4.04. The van der Waals surface area contributed by atoms with E-state index in [9.17, 15) is 0 Å². The van der Waals surface area contributed by atoms with Crippen LogP contribution in [0.25, 0.3) is 0 Å². The third-order valence-corrected chi connectivity index (χ3v) is 4.04. The van der Waals surface area contributed by atoms with Crippen LogP contribution in [-0.2, 0) is 0 Å². The van der Waals surface area contributed by atoms with Crippen LogP contribution in [0.15, 0.2) is 24.3 Å². The monoisotopic (exact) mass is 261 g/mol. The van der Waals surface area contributed by atoms with Gasteiger partial charge in [0.15, 0.2) is 0 Å². The van der Waals surface area contributed by atoms with E-state index in [1.54, 1.807) is 0 Å². The third kappa shape index (κ3) is 4.77. The highest BCUT2D eigenvalue weighted by Gasteiger charge is 2.17. The normalized spacial score (nSPS) is 23.1. The molecule has 0 aliphatic heterocycles. The van der Waals surface area contributed by atoms with Gasteiger partial charge in [-0.15, -0.1) is 0 Å². The first-order chi connectivity index (χ1) is 9.28. The summed E-state index contributed by atoms with van der Waals surface area (Å²) in [5.41, 5.74) is 1.19. The molecule has 0 aromatic heterocycles. The number of rotatable bonds is 6. The van der Waals surface area contributed by atoms with Crippen molar-refractivity contribution >= 4 is 5.69 Å². The lowest BCUT2D eigenvalue weighted by Crippen LogP contribution is -2.20. The summed E-state index contributed by atoms with van der Waals surface area (Å²) in [7, 11) is 0. The molecule has 0 atom stereocenters. The molecule has 2 rings (SSSR count). The number of hydrogen-bond donors (Lipinski definition) is 1. The number of ether oxygens (including phenoxy) is 1. The Kier molecular flexibility index (Phi) is 5.56. The molecule has 0 radical (unpaired) electrons. The molecule has 0 amide bonds. The average molecular weight is 261 g/mol. The molecule has 1 N–H and O–H groups in total. The van der Waals surface area contributed by atoms with E-state index in [2.05, 4.69) is 37.4 Å². The highest BCUT2D eigenvalue weighted by molar-refractivity contribution is 5.48. The Hall–Kier alpha value is -1.18. The van der Waals surface area contributed by atoms with Crippen molar-refractivity contribution in [1.82, 2.24) is 0 Å². The standard InChI is InChI=1S/C17H27NO/c1-3-11-19-17-6-4-5-16(12-17)18-13-15-9-7-14(2)8-10-15/h4-6,12,14-15,18H,3,7-11,13H2,1-2H3. The van der Waals surface area contributed by atoms with E-state index in [-0.39, 0.29) is 0 Å². The molecule has 1 aliphatic rings. The summed E-state index contributed by atoms with van der Waals surface area (Å²) in [5.74, 6) is 2.75. The SMILES string of the molecule is CCCOc1cccc(NCC2CCC(C)CC2)c1. The minimum Gasteiger partial charge on any atom is -0.494 e. The Balaban J connectivity index is 1.78. The second kappa shape index (κ2) is 7.42. The van der Waals surface area contributed by atoms with E-state index in [1.165, 1.54) is 31.4 Å².